The zero-order valence-corrected chi connectivity index (χ0v) is 19.3. The Hall–Kier alpha value is -2.36. The van der Waals surface area contributed by atoms with Crippen molar-refractivity contribution in [2.24, 2.45) is 7.05 Å². The molecule has 0 saturated carbocycles. The molecule has 7 nitrogen and oxygen atoms in total. The zero-order valence-electron chi connectivity index (χ0n) is 16.9. The van der Waals surface area contributed by atoms with E-state index in [9.17, 15) is 9.59 Å². The van der Waals surface area contributed by atoms with Crippen LogP contribution in [-0.4, -0.2) is 39.5 Å². The molecule has 2 aromatic heterocycles. The Labute approximate surface area is 187 Å². The molecule has 0 aliphatic rings. The lowest BCUT2D eigenvalue weighted by Gasteiger charge is -2.09. The summed E-state index contributed by atoms with van der Waals surface area (Å²) in [5.41, 5.74) is 1.61. The van der Waals surface area contributed by atoms with E-state index < -0.39 is 5.97 Å². The first kappa shape index (κ1) is 22.3. The van der Waals surface area contributed by atoms with E-state index in [-0.39, 0.29) is 23.1 Å². The molecule has 0 aliphatic carbocycles. The topological polar surface area (TPSA) is 86.1 Å². The number of anilines is 1. The maximum atomic E-state index is 12.6. The standard InChI is InChI=1S/C20H21ClN4O3S2/c1-11(2)17-23-24-20(25(17)3)30-10-15(26)22-18-16(19(27)28-4)13(9-29-18)12-7-5-6-8-14(12)21/h5-9,11H,10H2,1-4H3,(H,22,26). The molecule has 0 fully saturated rings. The number of nitrogens with zero attached hydrogens (tertiary/aromatic N) is 3. The number of thioether (sulfide) groups is 1. The number of thiophene rings is 1. The molecule has 158 valence electrons. The van der Waals surface area contributed by atoms with Gasteiger partial charge in [0.25, 0.3) is 0 Å². The van der Waals surface area contributed by atoms with Crippen LogP contribution in [0, 0.1) is 0 Å². The van der Waals surface area contributed by atoms with Gasteiger partial charge in [-0.3, -0.25) is 4.79 Å². The van der Waals surface area contributed by atoms with E-state index in [4.69, 9.17) is 16.3 Å². The molecule has 0 spiro atoms. The molecular weight excluding hydrogens is 444 g/mol. The number of methoxy groups -OCH3 is 1. The normalized spacial score (nSPS) is 11.0. The smallest absolute Gasteiger partial charge is 0.341 e. The number of amides is 1. The summed E-state index contributed by atoms with van der Waals surface area (Å²) in [4.78, 5) is 25.0. The van der Waals surface area contributed by atoms with Crippen molar-refractivity contribution in [1.82, 2.24) is 14.8 Å². The van der Waals surface area contributed by atoms with Gasteiger partial charge in [-0.05, 0) is 6.07 Å². The second-order valence-corrected chi connectivity index (χ2v) is 8.95. The molecule has 0 unspecified atom stereocenters. The zero-order chi connectivity index (χ0) is 21.8. The van der Waals surface area contributed by atoms with Crippen molar-refractivity contribution in [1.29, 1.82) is 0 Å². The number of ether oxygens (including phenoxy) is 1. The van der Waals surface area contributed by atoms with Crippen LogP contribution in [0.15, 0.2) is 34.8 Å². The van der Waals surface area contributed by atoms with Crippen LogP contribution in [0.5, 0.6) is 0 Å². The monoisotopic (exact) mass is 464 g/mol. The Morgan fingerprint density at radius 2 is 2.00 bits per heavy atom. The summed E-state index contributed by atoms with van der Waals surface area (Å²) in [5.74, 6) is 0.427. The summed E-state index contributed by atoms with van der Waals surface area (Å²) >= 11 is 8.83. The summed E-state index contributed by atoms with van der Waals surface area (Å²) < 4.78 is 6.81. The molecular formula is C20H21ClN4O3S2. The van der Waals surface area contributed by atoms with Crippen molar-refractivity contribution < 1.29 is 14.3 Å². The molecule has 3 aromatic rings. The number of carbonyl (C=O) groups is 2. The number of halogens is 1. The minimum absolute atomic E-state index is 0.129. The van der Waals surface area contributed by atoms with Gasteiger partial charge in [0.1, 0.15) is 16.4 Å². The minimum atomic E-state index is -0.538. The fraction of sp³-hybridized carbons (Fsp3) is 0.300. The average Bonchev–Trinajstić information content (AvgIpc) is 3.29. The highest BCUT2D eigenvalue weighted by Gasteiger charge is 2.23. The molecule has 10 heteroatoms. The van der Waals surface area contributed by atoms with Crippen molar-refractivity contribution in [3.05, 3.63) is 46.1 Å². The van der Waals surface area contributed by atoms with Crippen LogP contribution >= 0.6 is 34.7 Å². The number of esters is 1. The number of hydrogen-bond donors (Lipinski definition) is 1. The fourth-order valence-electron chi connectivity index (χ4n) is 2.88. The van der Waals surface area contributed by atoms with E-state index in [1.807, 2.05) is 43.7 Å². The van der Waals surface area contributed by atoms with E-state index in [2.05, 4.69) is 15.5 Å². The predicted octanol–water partition coefficient (Wildman–Crippen LogP) is 4.84. The molecule has 30 heavy (non-hydrogen) atoms. The van der Waals surface area contributed by atoms with Gasteiger partial charge in [-0.25, -0.2) is 4.79 Å². The molecule has 0 saturated heterocycles. The van der Waals surface area contributed by atoms with Gasteiger partial charge in [-0.2, -0.15) is 0 Å². The Kier molecular flexibility index (Phi) is 7.17. The Balaban J connectivity index is 1.79. The highest BCUT2D eigenvalue weighted by atomic mass is 35.5. The van der Waals surface area contributed by atoms with E-state index >= 15 is 0 Å². The Morgan fingerprint density at radius 3 is 2.63 bits per heavy atom. The van der Waals surface area contributed by atoms with Crippen LogP contribution in [0.1, 0.15) is 35.9 Å². The molecule has 0 atom stereocenters. The van der Waals surface area contributed by atoms with Crippen molar-refractivity contribution in [3.8, 4) is 11.1 Å². The number of aromatic nitrogens is 3. The number of nitrogens with one attached hydrogen (secondary N) is 1. The number of hydrogen-bond acceptors (Lipinski definition) is 7. The maximum absolute atomic E-state index is 12.6. The van der Waals surface area contributed by atoms with Gasteiger partial charge in [0.2, 0.25) is 5.91 Å². The molecule has 1 N–H and O–H groups in total. The van der Waals surface area contributed by atoms with E-state index in [1.54, 1.807) is 11.4 Å². The lowest BCUT2D eigenvalue weighted by molar-refractivity contribution is -0.113. The maximum Gasteiger partial charge on any atom is 0.341 e. The molecule has 0 aliphatic heterocycles. The first-order chi connectivity index (χ1) is 14.3. The fourth-order valence-corrected chi connectivity index (χ4v) is 4.80. The first-order valence-corrected chi connectivity index (χ1v) is 11.3. The summed E-state index contributed by atoms with van der Waals surface area (Å²) in [7, 11) is 3.18. The van der Waals surface area contributed by atoms with Crippen molar-refractivity contribution in [3.63, 3.8) is 0 Å². The highest BCUT2D eigenvalue weighted by molar-refractivity contribution is 7.99. The van der Waals surface area contributed by atoms with Gasteiger partial charge < -0.3 is 14.6 Å². The quantitative estimate of drug-likeness (QED) is 0.397. The van der Waals surface area contributed by atoms with Crippen LogP contribution in [0.2, 0.25) is 5.02 Å². The van der Waals surface area contributed by atoms with Crippen LogP contribution in [0.25, 0.3) is 11.1 Å². The number of rotatable bonds is 7. The van der Waals surface area contributed by atoms with Crippen LogP contribution < -0.4 is 5.32 Å². The van der Waals surface area contributed by atoms with Gasteiger partial charge in [0, 0.05) is 34.5 Å². The van der Waals surface area contributed by atoms with Gasteiger partial charge >= 0.3 is 5.97 Å². The van der Waals surface area contributed by atoms with Gasteiger partial charge in [0.15, 0.2) is 5.16 Å². The second kappa shape index (κ2) is 9.63. The summed E-state index contributed by atoms with van der Waals surface area (Å²) in [6, 6.07) is 7.21. The molecule has 1 aromatic carbocycles. The minimum Gasteiger partial charge on any atom is -0.465 e. The summed E-state index contributed by atoms with van der Waals surface area (Å²) in [6.45, 7) is 4.07. The lowest BCUT2D eigenvalue weighted by Crippen LogP contribution is -2.16. The van der Waals surface area contributed by atoms with Crippen LogP contribution in [0.3, 0.4) is 0 Å². The van der Waals surface area contributed by atoms with Gasteiger partial charge in [-0.1, -0.05) is 55.4 Å². The average molecular weight is 465 g/mol. The molecule has 0 bridgehead atoms. The molecule has 0 radical (unpaired) electrons. The second-order valence-electron chi connectivity index (χ2n) is 6.72. The lowest BCUT2D eigenvalue weighted by atomic mass is 10.0. The number of benzene rings is 1. The molecule has 1 amide bonds. The van der Waals surface area contributed by atoms with E-state index in [1.165, 1.54) is 30.2 Å². The predicted molar refractivity (Wildman–Crippen MR) is 121 cm³/mol. The van der Waals surface area contributed by atoms with E-state index in [0.717, 1.165) is 5.82 Å². The van der Waals surface area contributed by atoms with Gasteiger partial charge in [0.05, 0.1) is 12.9 Å². The first-order valence-electron chi connectivity index (χ1n) is 9.10. The summed E-state index contributed by atoms with van der Waals surface area (Å²) in [5, 5.41) is 14.5. The van der Waals surface area contributed by atoms with Crippen LogP contribution in [0.4, 0.5) is 5.00 Å². The number of carbonyl (C=O) groups excluding carboxylic acids is 2. The molecule has 3 rings (SSSR count). The Bertz CT molecular complexity index is 1080. The van der Waals surface area contributed by atoms with Crippen LogP contribution in [-0.2, 0) is 16.6 Å². The van der Waals surface area contributed by atoms with Crippen molar-refractivity contribution >= 4 is 51.6 Å². The van der Waals surface area contributed by atoms with E-state index in [0.29, 0.717) is 26.3 Å². The van der Waals surface area contributed by atoms with Gasteiger partial charge in [-0.15, -0.1) is 21.5 Å². The van der Waals surface area contributed by atoms with Crippen molar-refractivity contribution in [2.45, 2.75) is 24.9 Å². The third kappa shape index (κ3) is 4.69. The van der Waals surface area contributed by atoms with Crippen molar-refractivity contribution in [2.75, 3.05) is 18.2 Å². The Morgan fingerprint density at radius 1 is 1.27 bits per heavy atom. The SMILES string of the molecule is COC(=O)c1c(-c2ccccc2Cl)csc1NC(=O)CSc1nnc(C(C)C)n1C. The molecule has 2 heterocycles. The third-order valence-electron chi connectivity index (χ3n) is 4.31. The third-order valence-corrected chi connectivity index (χ3v) is 6.56. The summed E-state index contributed by atoms with van der Waals surface area (Å²) in [6.07, 6.45) is 0. The highest BCUT2D eigenvalue weighted by Crippen LogP contribution is 2.39. The largest absolute Gasteiger partial charge is 0.465 e.